The maximum Gasteiger partial charge on any atom is 0.312 e. The van der Waals surface area contributed by atoms with Crippen molar-refractivity contribution in [2.45, 2.75) is 20.0 Å². The number of carbonyl (C=O) groups is 2. The molecule has 24 heavy (non-hydrogen) atoms. The summed E-state index contributed by atoms with van der Waals surface area (Å²) < 4.78 is 0. The number of carbonyl (C=O) groups excluding carboxylic acids is 2. The second-order valence-electron chi connectivity index (χ2n) is 6.07. The molecule has 1 fully saturated rings. The molecule has 0 saturated carbocycles. The monoisotopic (exact) mass is 342 g/mol. The van der Waals surface area contributed by atoms with Crippen molar-refractivity contribution in [2.75, 3.05) is 13.1 Å². The molecule has 2 aromatic rings. The average molecular weight is 343 g/mol. The van der Waals surface area contributed by atoms with Gasteiger partial charge < -0.3 is 9.80 Å². The van der Waals surface area contributed by atoms with Gasteiger partial charge in [-0.2, -0.15) is 0 Å². The van der Waals surface area contributed by atoms with E-state index in [0.717, 1.165) is 11.1 Å². The zero-order valence-electron chi connectivity index (χ0n) is 13.5. The highest BCUT2D eigenvalue weighted by Crippen LogP contribution is 2.16. The number of rotatable bonds is 4. The van der Waals surface area contributed by atoms with Crippen molar-refractivity contribution >= 4 is 23.4 Å². The van der Waals surface area contributed by atoms with Crippen LogP contribution in [0.5, 0.6) is 0 Å². The van der Waals surface area contributed by atoms with Crippen molar-refractivity contribution in [3.05, 3.63) is 70.2 Å². The Hall–Kier alpha value is -2.33. The van der Waals surface area contributed by atoms with E-state index in [1.165, 1.54) is 5.56 Å². The van der Waals surface area contributed by atoms with Crippen LogP contribution < -0.4 is 0 Å². The molecule has 1 saturated heterocycles. The van der Waals surface area contributed by atoms with Gasteiger partial charge in [-0.05, 0) is 30.2 Å². The largest absolute Gasteiger partial charge is 0.328 e. The van der Waals surface area contributed by atoms with E-state index in [1.807, 2.05) is 49.4 Å². The van der Waals surface area contributed by atoms with Crippen LogP contribution in [0.1, 0.15) is 16.7 Å². The predicted molar refractivity (Wildman–Crippen MR) is 93.5 cm³/mol. The Kier molecular flexibility index (Phi) is 4.86. The average Bonchev–Trinajstić information content (AvgIpc) is 2.56. The number of aryl methyl sites for hydroxylation is 1. The zero-order chi connectivity index (χ0) is 17.1. The highest BCUT2D eigenvalue weighted by molar-refractivity contribution is 6.35. The van der Waals surface area contributed by atoms with Crippen molar-refractivity contribution in [1.82, 2.24) is 9.80 Å². The quantitative estimate of drug-likeness (QED) is 0.801. The number of piperazine rings is 1. The van der Waals surface area contributed by atoms with Crippen LogP contribution in [0.3, 0.4) is 0 Å². The smallest absolute Gasteiger partial charge is 0.312 e. The van der Waals surface area contributed by atoms with Crippen LogP contribution in [-0.4, -0.2) is 34.7 Å². The molecule has 0 aliphatic carbocycles. The van der Waals surface area contributed by atoms with Gasteiger partial charge in [-0.3, -0.25) is 9.59 Å². The minimum atomic E-state index is -0.451. The van der Waals surface area contributed by atoms with Crippen LogP contribution in [0.2, 0.25) is 5.02 Å². The van der Waals surface area contributed by atoms with Crippen molar-refractivity contribution in [3.63, 3.8) is 0 Å². The third-order valence-corrected chi connectivity index (χ3v) is 4.39. The van der Waals surface area contributed by atoms with E-state index in [1.54, 1.807) is 15.9 Å². The molecule has 0 spiro atoms. The Bertz CT molecular complexity index is 758. The van der Waals surface area contributed by atoms with Gasteiger partial charge >= 0.3 is 11.8 Å². The van der Waals surface area contributed by atoms with Crippen LogP contribution in [-0.2, 0) is 22.7 Å². The highest BCUT2D eigenvalue weighted by Gasteiger charge is 2.32. The van der Waals surface area contributed by atoms with Gasteiger partial charge in [-0.15, -0.1) is 0 Å². The molecule has 0 bridgehead atoms. The summed E-state index contributed by atoms with van der Waals surface area (Å²) in [5.74, 6) is -0.891. The van der Waals surface area contributed by atoms with Gasteiger partial charge in [0.05, 0.1) is 0 Å². The molecule has 5 heteroatoms. The Morgan fingerprint density at radius 2 is 1.46 bits per heavy atom. The lowest BCUT2D eigenvalue weighted by molar-refractivity contribution is -0.156. The van der Waals surface area contributed by atoms with Crippen LogP contribution >= 0.6 is 11.6 Å². The molecule has 0 aromatic heterocycles. The fourth-order valence-corrected chi connectivity index (χ4v) is 3.00. The maximum absolute atomic E-state index is 12.4. The van der Waals surface area contributed by atoms with Crippen LogP contribution in [0, 0.1) is 6.92 Å². The molecule has 4 nitrogen and oxygen atoms in total. The summed E-state index contributed by atoms with van der Waals surface area (Å²) in [6.07, 6.45) is 0. The molecule has 0 N–H and O–H groups in total. The molecular weight excluding hydrogens is 324 g/mol. The molecule has 124 valence electrons. The topological polar surface area (TPSA) is 40.6 Å². The normalized spacial score (nSPS) is 15.1. The van der Waals surface area contributed by atoms with Gasteiger partial charge in [0, 0.05) is 31.2 Å². The van der Waals surface area contributed by atoms with E-state index in [0.29, 0.717) is 31.2 Å². The van der Waals surface area contributed by atoms with E-state index >= 15 is 0 Å². The number of amides is 2. The maximum atomic E-state index is 12.4. The summed E-state index contributed by atoms with van der Waals surface area (Å²) in [7, 11) is 0. The van der Waals surface area contributed by atoms with Crippen molar-refractivity contribution in [1.29, 1.82) is 0 Å². The predicted octanol–water partition coefficient (Wildman–Crippen LogP) is 3.02. The van der Waals surface area contributed by atoms with Gasteiger partial charge in [0.1, 0.15) is 0 Å². The van der Waals surface area contributed by atoms with E-state index in [4.69, 9.17) is 11.6 Å². The first kappa shape index (κ1) is 16.5. The van der Waals surface area contributed by atoms with Gasteiger partial charge in [0.2, 0.25) is 0 Å². The lowest BCUT2D eigenvalue weighted by Crippen LogP contribution is -2.53. The van der Waals surface area contributed by atoms with E-state index in [2.05, 4.69) is 0 Å². The Balaban J connectivity index is 1.65. The molecule has 0 radical (unpaired) electrons. The van der Waals surface area contributed by atoms with Crippen molar-refractivity contribution < 1.29 is 9.59 Å². The second kappa shape index (κ2) is 7.05. The molecule has 1 aliphatic heterocycles. The van der Waals surface area contributed by atoms with E-state index in [9.17, 15) is 9.59 Å². The SMILES string of the molecule is Cc1ccc(CN2CCN(Cc3cccc(Cl)c3)C(=O)C2=O)cc1. The number of halogens is 1. The third-order valence-electron chi connectivity index (χ3n) is 4.15. The Labute approximate surface area is 146 Å². The van der Waals surface area contributed by atoms with Crippen molar-refractivity contribution in [3.8, 4) is 0 Å². The molecular formula is C19H19ClN2O2. The van der Waals surface area contributed by atoms with Gasteiger partial charge in [0.15, 0.2) is 0 Å². The van der Waals surface area contributed by atoms with Crippen LogP contribution in [0.25, 0.3) is 0 Å². The van der Waals surface area contributed by atoms with Gasteiger partial charge in [0.25, 0.3) is 0 Å². The van der Waals surface area contributed by atoms with Gasteiger partial charge in [-0.25, -0.2) is 0 Å². The molecule has 2 aromatic carbocycles. The minimum Gasteiger partial charge on any atom is -0.328 e. The summed E-state index contributed by atoms with van der Waals surface area (Å²) in [4.78, 5) is 27.9. The fraction of sp³-hybridized carbons (Fsp3) is 0.263. The van der Waals surface area contributed by atoms with E-state index in [-0.39, 0.29) is 0 Å². The molecule has 2 amide bonds. The molecule has 1 heterocycles. The molecule has 3 rings (SSSR count). The van der Waals surface area contributed by atoms with Gasteiger partial charge in [-0.1, -0.05) is 53.6 Å². The van der Waals surface area contributed by atoms with Crippen LogP contribution in [0.4, 0.5) is 0 Å². The number of hydrogen-bond acceptors (Lipinski definition) is 2. The van der Waals surface area contributed by atoms with E-state index < -0.39 is 11.8 Å². The standard InChI is InChI=1S/C19H19ClN2O2/c1-14-5-7-15(8-6-14)12-21-9-10-22(19(24)18(21)23)13-16-3-2-4-17(20)11-16/h2-8,11H,9-10,12-13H2,1H3. The Morgan fingerprint density at radius 1 is 0.875 bits per heavy atom. The Morgan fingerprint density at radius 3 is 2.04 bits per heavy atom. The first-order valence-corrected chi connectivity index (χ1v) is 8.29. The summed E-state index contributed by atoms with van der Waals surface area (Å²) >= 11 is 5.97. The highest BCUT2D eigenvalue weighted by atomic mass is 35.5. The van der Waals surface area contributed by atoms with Crippen molar-refractivity contribution in [2.24, 2.45) is 0 Å². The number of hydrogen-bond donors (Lipinski definition) is 0. The molecule has 1 aliphatic rings. The summed E-state index contributed by atoms with van der Waals surface area (Å²) in [6, 6.07) is 15.4. The molecule has 0 unspecified atom stereocenters. The second-order valence-corrected chi connectivity index (χ2v) is 6.51. The minimum absolute atomic E-state index is 0.406. The molecule has 0 atom stereocenters. The number of benzene rings is 2. The fourth-order valence-electron chi connectivity index (χ4n) is 2.79. The first-order valence-electron chi connectivity index (χ1n) is 7.91. The van der Waals surface area contributed by atoms with Crippen LogP contribution in [0.15, 0.2) is 48.5 Å². The summed E-state index contributed by atoms with van der Waals surface area (Å²) in [6.45, 7) is 3.97. The zero-order valence-corrected chi connectivity index (χ0v) is 14.3. The lowest BCUT2D eigenvalue weighted by Gasteiger charge is -2.34. The lowest BCUT2D eigenvalue weighted by atomic mass is 10.1. The third kappa shape index (κ3) is 3.77. The summed E-state index contributed by atoms with van der Waals surface area (Å²) in [5, 5.41) is 0.629. The first-order chi connectivity index (χ1) is 11.5. The number of nitrogens with zero attached hydrogens (tertiary/aromatic N) is 2. The summed E-state index contributed by atoms with van der Waals surface area (Å²) in [5.41, 5.74) is 3.13.